The third kappa shape index (κ3) is 5.35. The van der Waals surface area contributed by atoms with E-state index >= 15 is 0 Å². The Kier molecular flexibility index (Phi) is 8.89. The summed E-state index contributed by atoms with van der Waals surface area (Å²) < 4.78 is 5.37. The monoisotopic (exact) mass is 470 g/mol. The van der Waals surface area contributed by atoms with E-state index < -0.39 is 23.8 Å². The molecule has 0 radical (unpaired) electrons. The Morgan fingerprint density at radius 3 is 2.56 bits per heavy atom. The molecule has 0 saturated carbocycles. The van der Waals surface area contributed by atoms with Crippen LogP contribution in [0, 0.1) is 37.5 Å². The maximum atomic E-state index is 13.7. The fourth-order valence-electron chi connectivity index (χ4n) is 5.34. The second-order valence-electron chi connectivity index (χ2n) is 9.41. The van der Waals surface area contributed by atoms with Crippen LogP contribution in [0.2, 0.25) is 0 Å². The van der Waals surface area contributed by atoms with Crippen molar-refractivity contribution in [3.63, 3.8) is 0 Å². The molecule has 0 bridgehead atoms. The number of aryl methyl sites for hydroxylation is 2. The number of likely N-dealkylation sites (tertiary alicyclic amines) is 1. The molecule has 5 atom stereocenters. The highest BCUT2D eigenvalue weighted by Gasteiger charge is 2.57. The van der Waals surface area contributed by atoms with E-state index in [4.69, 9.17) is 9.84 Å². The maximum Gasteiger partial charge on any atom is 0.310 e. The lowest BCUT2D eigenvalue weighted by Gasteiger charge is -2.33. The number of carbonyl (C=O) groups excluding carboxylic acids is 3. The minimum atomic E-state index is -0.697. The normalized spacial score (nSPS) is 25.9. The van der Waals surface area contributed by atoms with Gasteiger partial charge < -0.3 is 20.1 Å². The standard InChI is InChI=1S/C27H38N2O5/c1-5-19-12-13-20-23(22(19)27(33)34-6-2)26(32)29(14-8-7-9-15-30)24(20)25(31)28-21-16-17(3)10-11-18(21)4/h10-13,16,19-20,22-24,30H,5-9,14-15H2,1-4H3,(H,28,31)/t19-,20+,22-,23+,24+/m1/s1. The Balaban J connectivity index is 1.95. The molecule has 186 valence electrons. The van der Waals surface area contributed by atoms with E-state index in [9.17, 15) is 14.4 Å². The number of aliphatic hydroxyl groups excluding tert-OH is 1. The molecule has 1 fully saturated rings. The molecule has 0 aromatic heterocycles. The lowest BCUT2D eigenvalue weighted by molar-refractivity contribution is -0.155. The number of rotatable bonds is 10. The Labute approximate surface area is 202 Å². The predicted octanol–water partition coefficient (Wildman–Crippen LogP) is 3.62. The topological polar surface area (TPSA) is 95.9 Å². The van der Waals surface area contributed by atoms with Crippen LogP contribution in [0.4, 0.5) is 5.69 Å². The fourth-order valence-corrected chi connectivity index (χ4v) is 5.34. The van der Waals surface area contributed by atoms with Gasteiger partial charge in [0.15, 0.2) is 0 Å². The van der Waals surface area contributed by atoms with Gasteiger partial charge >= 0.3 is 5.97 Å². The summed E-state index contributed by atoms with van der Waals surface area (Å²) in [5.41, 5.74) is 2.71. The number of unbranched alkanes of at least 4 members (excludes halogenated alkanes) is 2. The Bertz CT molecular complexity index is 928. The van der Waals surface area contributed by atoms with Gasteiger partial charge in [0.2, 0.25) is 11.8 Å². The predicted molar refractivity (Wildman–Crippen MR) is 131 cm³/mol. The molecule has 7 heteroatoms. The molecule has 7 nitrogen and oxygen atoms in total. The van der Waals surface area contributed by atoms with Crippen molar-refractivity contribution in [2.75, 3.05) is 25.1 Å². The minimum absolute atomic E-state index is 0.0960. The van der Waals surface area contributed by atoms with Gasteiger partial charge in [-0.1, -0.05) is 31.2 Å². The number of ether oxygens (including phenoxy) is 1. The lowest BCUT2D eigenvalue weighted by Crippen LogP contribution is -2.44. The van der Waals surface area contributed by atoms with E-state index in [2.05, 4.69) is 5.32 Å². The van der Waals surface area contributed by atoms with Crippen LogP contribution in [0.1, 0.15) is 50.7 Å². The molecule has 2 N–H and O–H groups in total. The first-order valence-corrected chi connectivity index (χ1v) is 12.5. The molecule has 3 rings (SSSR count). The smallest absolute Gasteiger partial charge is 0.310 e. The van der Waals surface area contributed by atoms with Crippen molar-refractivity contribution in [3.8, 4) is 0 Å². The first-order valence-electron chi connectivity index (χ1n) is 12.5. The van der Waals surface area contributed by atoms with Gasteiger partial charge in [0.1, 0.15) is 6.04 Å². The molecule has 1 heterocycles. The van der Waals surface area contributed by atoms with Crippen LogP contribution in [0.3, 0.4) is 0 Å². The molecule has 1 aromatic rings. The van der Waals surface area contributed by atoms with Crippen molar-refractivity contribution in [2.24, 2.45) is 23.7 Å². The third-order valence-corrected chi connectivity index (χ3v) is 7.12. The fraction of sp³-hybridized carbons (Fsp3) is 0.593. The van der Waals surface area contributed by atoms with Crippen LogP contribution in [-0.2, 0) is 19.1 Å². The van der Waals surface area contributed by atoms with Crippen molar-refractivity contribution in [2.45, 2.75) is 59.4 Å². The van der Waals surface area contributed by atoms with Crippen LogP contribution in [0.25, 0.3) is 0 Å². The summed E-state index contributed by atoms with van der Waals surface area (Å²) in [6, 6.07) is 5.19. The van der Waals surface area contributed by atoms with E-state index in [1.165, 1.54) is 0 Å². The molecule has 1 saturated heterocycles. The highest BCUT2D eigenvalue weighted by Crippen LogP contribution is 2.45. The Morgan fingerprint density at radius 2 is 1.88 bits per heavy atom. The summed E-state index contributed by atoms with van der Waals surface area (Å²) in [4.78, 5) is 42.0. The summed E-state index contributed by atoms with van der Waals surface area (Å²) in [6.07, 6.45) is 6.76. The summed E-state index contributed by atoms with van der Waals surface area (Å²) in [5, 5.41) is 12.2. The van der Waals surface area contributed by atoms with Crippen molar-refractivity contribution in [1.82, 2.24) is 4.90 Å². The zero-order valence-electron chi connectivity index (χ0n) is 20.8. The molecule has 0 spiro atoms. The van der Waals surface area contributed by atoms with Gasteiger partial charge in [0.25, 0.3) is 0 Å². The minimum Gasteiger partial charge on any atom is -0.466 e. The van der Waals surface area contributed by atoms with Gasteiger partial charge in [-0.15, -0.1) is 0 Å². The number of amides is 2. The first-order chi connectivity index (χ1) is 16.3. The van der Waals surface area contributed by atoms with Gasteiger partial charge in [-0.3, -0.25) is 14.4 Å². The van der Waals surface area contributed by atoms with E-state index in [1.54, 1.807) is 11.8 Å². The van der Waals surface area contributed by atoms with Crippen LogP contribution < -0.4 is 5.32 Å². The van der Waals surface area contributed by atoms with E-state index in [1.807, 2.05) is 51.1 Å². The van der Waals surface area contributed by atoms with Crippen molar-refractivity contribution in [1.29, 1.82) is 0 Å². The van der Waals surface area contributed by atoms with E-state index in [0.29, 0.717) is 25.8 Å². The number of anilines is 1. The molecule has 34 heavy (non-hydrogen) atoms. The SMILES string of the molecule is CCOC(=O)[C@H]1[C@H]2C(=O)N(CCCCCO)[C@H](C(=O)Nc3cc(C)ccc3C)[C@H]2C=C[C@H]1CC. The summed E-state index contributed by atoms with van der Waals surface area (Å²) in [5.74, 6) is -2.45. The molecule has 1 aromatic carbocycles. The highest BCUT2D eigenvalue weighted by atomic mass is 16.5. The number of nitrogens with zero attached hydrogens (tertiary/aromatic N) is 1. The first kappa shape index (κ1) is 25.9. The van der Waals surface area contributed by atoms with Gasteiger partial charge in [0, 0.05) is 24.8 Å². The number of hydrogen-bond donors (Lipinski definition) is 2. The van der Waals surface area contributed by atoms with E-state index in [-0.39, 0.29) is 36.9 Å². The summed E-state index contributed by atoms with van der Waals surface area (Å²) in [6.45, 7) is 8.43. The number of hydrogen-bond acceptors (Lipinski definition) is 5. The van der Waals surface area contributed by atoms with Crippen molar-refractivity contribution < 1.29 is 24.2 Å². The van der Waals surface area contributed by atoms with Gasteiger partial charge in [-0.05, 0) is 69.6 Å². The molecular formula is C27H38N2O5. The van der Waals surface area contributed by atoms with Crippen LogP contribution in [0.15, 0.2) is 30.4 Å². The Morgan fingerprint density at radius 1 is 1.12 bits per heavy atom. The lowest BCUT2D eigenvalue weighted by atomic mass is 9.69. The largest absolute Gasteiger partial charge is 0.466 e. The van der Waals surface area contributed by atoms with Gasteiger partial charge in [0.05, 0.1) is 18.4 Å². The molecular weight excluding hydrogens is 432 g/mol. The number of nitrogens with one attached hydrogen (secondary N) is 1. The molecule has 1 aliphatic heterocycles. The molecule has 1 aliphatic carbocycles. The second kappa shape index (κ2) is 11.6. The molecule has 2 amide bonds. The zero-order chi connectivity index (χ0) is 24.8. The summed E-state index contributed by atoms with van der Waals surface area (Å²) in [7, 11) is 0. The van der Waals surface area contributed by atoms with Gasteiger partial charge in [-0.2, -0.15) is 0 Å². The number of benzene rings is 1. The summed E-state index contributed by atoms with van der Waals surface area (Å²) >= 11 is 0. The number of allylic oxidation sites excluding steroid dienone is 1. The average molecular weight is 471 g/mol. The van der Waals surface area contributed by atoms with Crippen molar-refractivity contribution >= 4 is 23.5 Å². The van der Waals surface area contributed by atoms with Crippen molar-refractivity contribution in [3.05, 3.63) is 41.5 Å². The van der Waals surface area contributed by atoms with Gasteiger partial charge in [-0.25, -0.2) is 0 Å². The molecule has 0 unspecified atom stereocenters. The van der Waals surface area contributed by atoms with Crippen LogP contribution >= 0.6 is 0 Å². The number of carbonyl (C=O) groups is 3. The van der Waals surface area contributed by atoms with Crippen LogP contribution in [-0.4, -0.2) is 53.6 Å². The van der Waals surface area contributed by atoms with Crippen LogP contribution in [0.5, 0.6) is 0 Å². The third-order valence-electron chi connectivity index (χ3n) is 7.12. The maximum absolute atomic E-state index is 13.7. The molecule has 2 aliphatic rings. The highest BCUT2D eigenvalue weighted by molar-refractivity contribution is 6.02. The second-order valence-corrected chi connectivity index (χ2v) is 9.41. The Hall–Kier alpha value is -2.67. The number of fused-ring (bicyclic) bond motifs is 1. The number of esters is 1. The van der Waals surface area contributed by atoms with E-state index in [0.717, 1.165) is 23.2 Å². The quantitative estimate of drug-likeness (QED) is 0.309. The zero-order valence-corrected chi connectivity index (χ0v) is 20.8. The number of aliphatic hydroxyl groups is 1. The average Bonchev–Trinajstić information content (AvgIpc) is 3.10.